The van der Waals surface area contributed by atoms with Gasteiger partial charge in [-0.05, 0) is 34.7 Å². The first kappa shape index (κ1) is 11.3. The maximum absolute atomic E-state index is 3.99. The summed E-state index contributed by atoms with van der Waals surface area (Å²) in [6.45, 7) is 0.515. The molecule has 0 atom stereocenters. The zero-order valence-corrected chi connectivity index (χ0v) is 10.0. The summed E-state index contributed by atoms with van der Waals surface area (Å²) in [6, 6.07) is 13.4. The van der Waals surface area contributed by atoms with Crippen LogP contribution in [0.2, 0.25) is 0 Å². The fraction of sp³-hybridized carbons (Fsp3) is 0.0833. The van der Waals surface area contributed by atoms with Crippen LogP contribution in [0, 0.1) is 0 Å². The fourth-order valence-electron chi connectivity index (χ4n) is 1.64. The van der Waals surface area contributed by atoms with E-state index in [1.165, 1.54) is 0 Å². The number of rotatable bonds is 4. The van der Waals surface area contributed by atoms with Crippen molar-refractivity contribution in [3.8, 4) is 5.69 Å². The van der Waals surface area contributed by atoms with E-state index in [9.17, 15) is 0 Å². The lowest BCUT2D eigenvalue weighted by Gasteiger charge is -2.05. The molecule has 7 heteroatoms. The van der Waals surface area contributed by atoms with Crippen LogP contribution in [0.15, 0.2) is 48.7 Å². The molecule has 0 bridgehead atoms. The third kappa shape index (κ3) is 2.54. The van der Waals surface area contributed by atoms with Crippen molar-refractivity contribution < 1.29 is 0 Å². The Morgan fingerprint density at radius 3 is 2.68 bits per heavy atom. The number of hydrogen-bond donors (Lipinski definition) is 1. The third-order valence-corrected chi connectivity index (χ3v) is 2.53. The summed E-state index contributed by atoms with van der Waals surface area (Å²) >= 11 is 0. The van der Waals surface area contributed by atoms with Gasteiger partial charge in [-0.15, -0.1) is 0 Å². The molecule has 19 heavy (non-hydrogen) atoms. The van der Waals surface area contributed by atoms with Crippen LogP contribution in [0.5, 0.6) is 0 Å². The summed E-state index contributed by atoms with van der Waals surface area (Å²) in [5.41, 5.74) is 1.72. The van der Waals surface area contributed by atoms with Crippen LogP contribution in [0.25, 0.3) is 5.69 Å². The minimum atomic E-state index is 0.515. The topological polar surface area (TPSA) is 81.4 Å². The Hall–Kier alpha value is -2.83. The van der Waals surface area contributed by atoms with Crippen LogP contribution in [-0.2, 0) is 6.54 Å². The molecule has 0 radical (unpaired) electrons. The van der Waals surface area contributed by atoms with Crippen molar-refractivity contribution in [1.82, 2.24) is 30.4 Å². The van der Waals surface area contributed by atoms with Gasteiger partial charge in [0, 0.05) is 6.20 Å². The second-order valence-corrected chi connectivity index (χ2v) is 3.82. The smallest absolute Gasteiger partial charge is 0.248 e. The quantitative estimate of drug-likeness (QED) is 0.748. The monoisotopic (exact) mass is 253 g/mol. The Morgan fingerprint density at radius 2 is 1.89 bits per heavy atom. The summed E-state index contributed by atoms with van der Waals surface area (Å²) < 4.78 is 1.64. The molecule has 0 spiro atoms. The molecule has 0 fully saturated rings. The molecule has 1 N–H and O–H groups in total. The van der Waals surface area contributed by atoms with E-state index in [0.29, 0.717) is 12.5 Å². The van der Waals surface area contributed by atoms with Gasteiger partial charge in [-0.25, -0.2) is 0 Å². The summed E-state index contributed by atoms with van der Waals surface area (Å²) in [5.74, 6) is 0.567. The second-order valence-electron chi connectivity index (χ2n) is 3.82. The molecule has 0 saturated heterocycles. The number of aromatic nitrogens is 6. The van der Waals surface area contributed by atoms with E-state index in [4.69, 9.17) is 0 Å². The van der Waals surface area contributed by atoms with Gasteiger partial charge in [0.15, 0.2) is 0 Å². The molecule has 3 aromatic rings. The highest BCUT2D eigenvalue weighted by Crippen LogP contribution is 2.10. The number of para-hydroxylation sites is 1. The minimum absolute atomic E-state index is 0.515. The zero-order chi connectivity index (χ0) is 12.9. The Balaban J connectivity index is 1.78. The minimum Gasteiger partial charge on any atom is -0.347 e. The van der Waals surface area contributed by atoms with E-state index in [2.05, 4.69) is 31.0 Å². The van der Waals surface area contributed by atoms with Gasteiger partial charge in [-0.2, -0.15) is 14.9 Å². The first-order valence-electron chi connectivity index (χ1n) is 5.78. The Kier molecular flexibility index (Phi) is 3.09. The number of benzene rings is 1. The summed E-state index contributed by atoms with van der Waals surface area (Å²) in [7, 11) is 0. The van der Waals surface area contributed by atoms with Crippen LogP contribution in [0.3, 0.4) is 0 Å². The predicted molar refractivity (Wildman–Crippen MR) is 68.5 cm³/mol. The molecule has 0 unspecified atom stereocenters. The van der Waals surface area contributed by atoms with Gasteiger partial charge in [0.2, 0.25) is 5.95 Å². The molecule has 0 amide bonds. The zero-order valence-electron chi connectivity index (χ0n) is 10.0. The van der Waals surface area contributed by atoms with Gasteiger partial charge in [-0.1, -0.05) is 23.3 Å². The molecule has 0 saturated carbocycles. The van der Waals surface area contributed by atoms with E-state index in [-0.39, 0.29) is 0 Å². The third-order valence-electron chi connectivity index (χ3n) is 2.53. The first-order chi connectivity index (χ1) is 9.43. The van der Waals surface area contributed by atoms with Gasteiger partial charge in [0.05, 0.1) is 17.9 Å². The van der Waals surface area contributed by atoms with Crippen LogP contribution in [0.1, 0.15) is 5.69 Å². The van der Waals surface area contributed by atoms with Crippen LogP contribution in [0.4, 0.5) is 5.95 Å². The molecule has 2 aromatic heterocycles. The molecule has 94 valence electrons. The van der Waals surface area contributed by atoms with Crippen molar-refractivity contribution in [3.63, 3.8) is 0 Å². The maximum Gasteiger partial charge on any atom is 0.248 e. The molecular weight excluding hydrogens is 242 g/mol. The van der Waals surface area contributed by atoms with Crippen molar-refractivity contribution in [1.29, 1.82) is 0 Å². The Bertz CT molecular complexity index is 635. The van der Waals surface area contributed by atoms with Crippen molar-refractivity contribution in [2.24, 2.45) is 0 Å². The second kappa shape index (κ2) is 5.21. The number of nitrogens with one attached hydrogen (secondary N) is 1. The average molecular weight is 253 g/mol. The summed E-state index contributed by atoms with van der Waals surface area (Å²) in [4.78, 5) is 0. The Morgan fingerprint density at radius 1 is 1.00 bits per heavy atom. The van der Waals surface area contributed by atoms with Gasteiger partial charge in [-0.3, -0.25) is 0 Å². The number of nitrogens with zero attached hydrogens (tertiary/aromatic N) is 6. The molecule has 1 aromatic carbocycles. The van der Waals surface area contributed by atoms with E-state index < -0.39 is 0 Å². The number of hydrogen-bond acceptors (Lipinski definition) is 6. The number of tetrazole rings is 1. The molecule has 0 aliphatic rings. The van der Waals surface area contributed by atoms with Gasteiger partial charge in [0.1, 0.15) is 0 Å². The van der Waals surface area contributed by atoms with Crippen molar-refractivity contribution in [3.05, 3.63) is 54.4 Å². The lowest BCUT2D eigenvalue weighted by atomic mass is 10.3. The van der Waals surface area contributed by atoms with Crippen LogP contribution in [-0.4, -0.2) is 30.4 Å². The normalized spacial score (nSPS) is 10.3. The summed E-state index contributed by atoms with van der Waals surface area (Å²) in [6.07, 6.45) is 1.64. The van der Waals surface area contributed by atoms with Crippen LogP contribution < -0.4 is 5.32 Å². The van der Waals surface area contributed by atoms with E-state index >= 15 is 0 Å². The van der Waals surface area contributed by atoms with Gasteiger partial charge >= 0.3 is 0 Å². The van der Waals surface area contributed by atoms with Gasteiger partial charge < -0.3 is 5.32 Å². The molecule has 0 aliphatic heterocycles. The number of anilines is 1. The average Bonchev–Trinajstić information content (AvgIpc) is 2.95. The van der Waals surface area contributed by atoms with Crippen LogP contribution >= 0.6 is 0 Å². The van der Waals surface area contributed by atoms with E-state index in [1.54, 1.807) is 10.9 Å². The highest BCUT2D eigenvalue weighted by atomic mass is 15.6. The largest absolute Gasteiger partial charge is 0.347 e. The maximum atomic E-state index is 3.99. The highest BCUT2D eigenvalue weighted by Gasteiger charge is 2.07. The predicted octanol–water partition coefficient (Wildman–Crippen LogP) is 1.06. The summed E-state index contributed by atoms with van der Waals surface area (Å²) in [5, 5.41) is 22.5. The highest BCUT2D eigenvalue weighted by molar-refractivity contribution is 5.38. The lowest BCUT2D eigenvalue weighted by Crippen LogP contribution is -2.08. The molecule has 3 rings (SSSR count). The SMILES string of the molecule is c1ccc(-n2nnnc2NCc2cccnn2)cc1. The molecular formula is C12H11N7. The van der Waals surface area contributed by atoms with Gasteiger partial charge in [0.25, 0.3) is 0 Å². The lowest BCUT2D eigenvalue weighted by molar-refractivity contribution is 0.788. The van der Waals surface area contributed by atoms with E-state index in [1.807, 2.05) is 42.5 Å². The fourth-order valence-corrected chi connectivity index (χ4v) is 1.64. The van der Waals surface area contributed by atoms with E-state index in [0.717, 1.165) is 11.4 Å². The van der Waals surface area contributed by atoms with Crippen molar-refractivity contribution in [2.45, 2.75) is 6.54 Å². The van der Waals surface area contributed by atoms with Crippen molar-refractivity contribution >= 4 is 5.95 Å². The first-order valence-corrected chi connectivity index (χ1v) is 5.78. The Labute approximate surface area is 109 Å². The molecule has 2 heterocycles. The molecule has 7 nitrogen and oxygen atoms in total. The van der Waals surface area contributed by atoms with Crippen molar-refractivity contribution in [2.75, 3.05) is 5.32 Å². The molecule has 0 aliphatic carbocycles. The standard InChI is InChI=1S/C12H11N7/c1-2-6-11(7-3-1)19-12(16-17-18-19)13-9-10-5-4-8-14-15-10/h1-8H,9H2,(H,13,16,18).